The maximum atomic E-state index is 12.6. The first-order valence-electron chi connectivity index (χ1n) is 7.33. The van der Waals surface area contributed by atoms with Crippen molar-refractivity contribution in [3.63, 3.8) is 0 Å². The van der Waals surface area contributed by atoms with Crippen LogP contribution in [0.25, 0.3) is 0 Å². The Hall–Kier alpha value is -1.59. The molecule has 5 heteroatoms. The van der Waals surface area contributed by atoms with Crippen LogP contribution < -0.4 is 0 Å². The molecule has 2 heterocycles. The smallest absolute Gasteiger partial charge is 0.215 e. The van der Waals surface area contributed by atoms with Crippen LogP contribution in [0.15, 0.2) is 48.7 Å². The standard InChI is InChI=1S/C16H20N2O2S/c19-21(20,13-10-14-6-2-1-3-7-14)18-12-5-9-16(18)15-8-4-11-17-15/h1-4,6-8,11,16-17H,5,9-10,12-13H2/t16-/m1/s1. The molecule has 1 atom stereocenters. The maximum Gasteiger partial charge on any atom is 0.215 e. The highest BCUT2D eigenvalue weighted by molar-refractivity contribution is 7.89. The van der Waals surface area contributed by atoms with E-state index in [4.69, 9.17) is 0 Å². The van der Waals surface area contributed by atoms with Crippen molar-refractivity contribution >= 4 is 10.0 Å². The molecular weight excluding hydrogens is 284 g/mol. The minimum Gasteiger partial charge on any atom is -0.364 e. The average Bonchev–Trinajstić information content (AvgIpc) is 3.16. The van der Waals surface area contributed by atoms with E-state index in [-0.39, 0.29) is 11.8 Å². The first kappa shape index (κ1) is 14.4. The Morgan fingerprint density at radius 1 is 1.14 bits per heavy atom. The summed E-state index contributed by atoms with van der Waals surface area (Å²) < 4.78 is 26.9. The second kappa shape index (κ2) is 6.03. The molecule has 0 saturated carbocycles. The second-order valence-electron chi connectivity index (χ2n) is 5.45. The van der Waals surface area contributed by atoms with E-state index in [0.29, 0.717) is 13.0 Å². The lowest BCUT2D eigenvalue weighted by atomic mass is 10.2. The van der Waals surface area contributed by atoms with Gasteiger partial charge in [-0.1, -0.05) is 30.3 Å². The molecule has 4 nitrogen and oxygen atoms in total. The Morgan fingerprint density at radius 3 is 2.67 bits per heavy atom. The number of hydrogen-bond donors (Lipinski definition) is 1. The Morgan fingerprint density at radius 2 is 1.95 bits per heavy atom. The van der Waals surface area contributed by atoms with Crippen molar-refractivity contribution in [1.29, 1.82) is 0 Å². The summed E-state index contributed by atoms with van der Waals surface area (Å²) in [5, 5.41) is 0. The lowest BCUT2D eigenvalue weighted by molar-refractivity contribution is 0.391. The van der Waals surface area contributed by atoms with Crippen LogP contribution in [0.2, 0.25) is 0 Å². The van der Waals surface area contributed by atoms with Crippen LogP contribution in [0, 0.1) is 0 Å². The number of nitrogens with one attached hydrogen (secondary N) is 1. The number of aromatic amines is 1. The SMILES string of the molecule is O=S(=O)(CCc1ccccc1)N1CCC[C@@H]1c1ccc[nH]1. The van der Waals surface area contributed by atoms with E-state index in [0.717, 1.165) is 24.1 Å². The number of benzene rings is 1. The molecule has 1 N–H and O–H groups in total. The summed E-state index contributed by atoms with van der Waals surface area (Å²) >= 11 is 0. The fourth-order valence-electron chi connectivity index (χ4n) is 2.94. The van der Waals surface area contributed by atoms with Gasteiger partial charge in [-0.3, -0.25) is 0 Å². The Kier molecular flexibility index (Phi) is 4.12. The minimum absolute atomic E-state index is 0.0271. The highest BCUT2D eigenvalue weighted by atomic mass is 32.2. The van der Waals surface area contributed by atoms with Crippen LogP contribution in [0.4, 0.5) is 0 Å². The largest absolute Gasteiger partial charge is 0.364 e. The highest BCUT2D eigenvalue weighted by Gasteiger charge is 2.35. The fourth-order valence-corrected chi connectivity index (χ4v) is 4.69. The number of aryl methyl sites for hydroxylation is 1. The first-order valence-corrected chi connectivity index (χ1v) is 8.94. The molecule has 1 fully saturated rings. The molecule has 0 bridgehead atoms. The molecule has 1 aromatic heterocycles. The quantitative estimate of drug-likeness (QED) is 0.923. The summed E-state index contributed by atoms with van der Waals surface area (Å²) in [6.07, 6.45) is 4.23. The van der Waals surface area contributed by atoms with Gasteiger partial charge >= 0.3 is 0 Å². The van der Waals surface area contributed by atoms with Gasteiger partial charge in [-0.25, -0.2) is 8.42 Å². The highest BCUT2D eigenvalue weighted by Crippen LogP contribution is 2.33. The van der Waals surface area contributed by atoms with Crippen LogP contribution in [-0.2, 0) is 16.4 Å². The summed E-state index contributed by atoms with van der Waals surface area (Å²) in [5.41, 5.74) is 2.06. The Bertz CT molecular complexity index is 666. The molecule has 1 aromatic carbocycles. The Labute approximate surface area is 125 Å². The lowest BCUT2D eigenvalue weighted by Crippen LogP contribution is -2.33. The number of hydrogen-bond acceptors (Lipinski definition) is 2. The zero-order valence-corrected chi connectivity index (χ0v) is 12.7. The van der Waals surface area contributed by atoms with E-state index < -0.39 is 10.0 Å². The lowest BCUT2D eigenvalue weighted by Gasteiger charge is -2.23. The number of aromatic nitrogens is 1. The van der Waals surface area contributed by atoms with E-state index >= 15 is 0 Å². The third kappa shape index (κ3) is 3.19. The summed E-state index contributed by atoms with van der Waals surface area (Å²) in [5.74, 6) is 0.175. The second-order valence-corrected chi connectivity index (χ2v) is 7.49. The van der Waals surface area contributed by atoms with Crippen LogP contribution in [0.3, 0.4) is 0 Å². The van der Waals surface area contributed by atoms with Crippen LogP contribution in [0.1, 0.15) is 30.1 Å². The summed E-state index contributed by atoms with van der Waals surface area (Å²) in [7, 11) is -3.22. The van der Waals surface area contributed by atoms with Gasteiger partial charge in [-0.2, -0.15) is 4.31 Å². The minimum atomic E-state index is -3.22. The van der Waals surface area contributed by atoms with Crippen molar-refractivity contribution in [2.75, 3.05) is 12.3 Å². The van der Waals surface area contributed by atoms with Gasteiger partial charge in [0.1, 0.15) is 0 Å². The van der Waals surface area contributed by atoms with Gasteiger partial charge in [-0.15, -0.1) is 0 Å². The van der Waals surface area contributed by atoms with E-state index in [1.54, 1.807) is 4.31 Å². The van der Waals surface area contributed by atoms with Gasteiger partial charge in [0, 0.05) is 18.4 Å². The van der Waals surface area contributed by atoms with Gasteiger partial charge in [-0.05, 0) is 37.0 Å². The summed E-state index contributed by atoms with van der Waals surface area (Å²) in [6.45, 7) is 0.626. The zero-order chi connectivity index (χ0) is 14.7. The third-order valence-electron chi connectivity index (χ3n) is 4.03. The number of H-pyrrole nitrogens is 1. The molecule has 112 valence electrons. The van der Waals surface area contributed by atoms with Gasteiger partial charge in [0.05, 0.1) is 11.8 Å². The van der Waals surface area contributed by atoms with Crippen molar-refractivity contribution in [1.82, 2.24) is 9.29 Å². The number of rotatable bonds is 5. The Balaban J connectivity index is 1.72. The predicted molar refractivity (Wildman–Crippen MR) is 83.4 cm³/mol. The first-order chi connectivity index (χ1) is 10.2. The molecule has 2 aromatic rings. The van der Waals surface area contributed by atoms with Crippen molar-refractivity contribution in [2.24, 2.45) is 0 Å². The molecule has 3 rings (SSSR count). The zero-order valence-electron chi connectivity index (χ0n) is 11.9. The predicted octanol–water partition coefficient (Wildman–Crippen LogP) is 2.72. The topological polar surface area (TPSA) is 53.2 Å². The van der Waals surface area contributed by atoms with E-state index in [2.05, 4.69) is 4.98 Å². The van der Waals surface area contributed by atoms with E-state index in [9.17, 15) is 8.42 Å². The van der Waals surface area contributed by atoms with Crippen LogP contribution in [0.5, 0.6) is 0 Å². The maximum absolute atomic E-state index is 12.6. The monoisotopic (exact) mass is 304 g/mol. The summed E-state index contributed by atoms with van der Waals surface area (Å²) in [4.78, 5) is 3.15. The van der Waals surface area contributed by atoms with Crippen molar-refractivity contribution in [3.8, 4) is 0 Å². The molecule has 0 unspecified atom stereocenters. The molecule has 0 radical (unpaired) electrons. The van der Waals surface area contributed by atoms with E-state index in [1.165, 1.54) is 0 Å². The molecular formula is C16H20N2O2S. The van der Waals surface area contributed by atoms with Gasteiger partial charge < -0.3 is 4.98 Å². The molecule has 1 saturated heterocycles. The normalized spacial score (nSPS) is 19.9. The molecule has 1 aliphatic heterocycles. The molecule has 1 aliphatic rings. The van der Waals surface area contributed by atoms with E-state index in [1.807, 2.05) is 48.7 Å². The number of sulfonamides is 1. The molecule has 0 aliphatic carbocycles. The molecule has 0 spiro atoms. The molecule has 0 amide bonds. The fraction of sp³-hybridized carbons (Fsp3) is 0.375. The van der Waals surface area contributed by atoms with Gasteiger partial charge in [0.2, 0.25) is 10.0 Å². The summed E-state index contributed by atoms with van der Waals surface area (Å²) in [6, 6.07) is 13.6. The van der Waals surface area contributed by atoms with Gasteiger partial charge in [0.15, 0.2) is 0 Å². The average molecular weight is 304 g/mol. The van der Waals surface area contributed by atoms with Gasteiger partial charge in [0.25, 0.3) is 0 Å². The van der Waals surface area contributed by atoms with Crippen molar-refractivity contribution in [3.05, 3.63) is 59.9 Å². The van der Waals surface area contributed by atoms with Crippen LogP contribution in [-0.4, -0.2) is 30.0 Å². The molecule has 21 heavy (non-hydrogen) atoms. The van der Waals surface area contributed by atoms with Crippen molar-refractivity contribution in [2.45, 2.75) is 25.3 Å². The van der Waals surface area contributed by atoms with Crippen molar-refractivity contribution < 1.29 is 8.42 Å². The number of nitrogens with zero attached hydrogens (tertiary/aromatic N) is 1. The third-order valence-corrected chi connectivity index (χ3v) is 5.91. The van der Waals surface area contributed by atoms with Crippen LogP contribution >= 0.6 is 0 Å².